The number of ether oxygens (including phenoxy) is 1. The molecule has 23 heavy (non-hydrogen) atoms. The van der Waals surface area contributed by atoms with Crippen molar-refractivity contribution >= 4 is 11.8 Å². The van der Waals surface area contributed by atoms with Gasteiger partial charge < -0.3 is 15.4 Å². The Hall–Kier alpha value is -2.82. The fraction of sp³-hybridized carbons (Fsp3) is 0.222. The van der Waals surface area contributed by atoms with Crippen LogP contribution in [0.3, 0.4) is 0 Å². The average Bonchev–Trinajstić information content (AvgIpc) is 2.55. The first-order valence-corrected chi connectivity index (χ1v) is 7.33. The number of benzene rings is 2. The summed E-state index contributed by atoms with van der Waals surface area (Å²) in [5.41, 5.74) is 6.61. The summed E-state index contributed by atoms with van der Waals surface area (Å²) in [7, 11) is 1.72. The Morgan fingerprint density at radius 1 is 1.09 bits per heavy atom. The Bertz CT molecular complexity index is 686. The van der Waals surface area contributed by atoms with Gasteiger partial charge in [0.2, 0.25) is 0 Å². The summed E-state index contributed by atoms with van der Waals surface area (Å²) in [4.78, 5) is 25.4. The van der Waals surface area contributed by atoms with Gasteiger partial charge in [0.05, 0.1) is 5.56 Å². The standard InChI is InChI=1S/C18H20N2O3/c1-13(23-16-11-7-6-10-15(16)17(19)21)18(22)20(2)12-14-8-4-3-5-9-14/h3-11,13H,12H2,1-2H3,(H2,19,21)/t13-/m1/s1. The predicted octanol–water partition coefficient (Wildman–Crippen LogP) is 2.21. The van der Waals surface area contributed by atoms with Crippen LogP contribution in [-0.4, -0.2) is 29.9 Å². The first kappa shape index (κ1) is 16.5. The first-order valence-electron chi connectivity index (χ1n) is 7.33. The van der Waals surface area contributed by atoms with Crippen molar-refractivity contribution < 1.29 is 14.3 Å². The van der Waals surface area contributed by atoms with Crippen LogP contribution in [0.4, 0.5) is 0 Å². The topological polar surface area (TPSA) is 72.6 Å². The minimum atomic E-state index is -0.718. The Labute approximate surface area is 135 Å². The molecular weight excluding hydrogens is 292 g/mol. The summed E-state index contributed by atoms with van der Waals surface area (Å²) in [6, 6.07) is 16.3. The Morgan fingerprint density at radius 3 is 2.35 bits per heavy atom. The number of hydrogen-bond donors (Lipinski definition) is 1. The summed E-state index contributed by atoms with van der Waals surface area (Å²) >= 11 is 0. The van der Waals surface area contributed by atoms with Crippen molar-refractivity contribution in [2.24, 2.45) is 5.73 Å². The lowest BCUT2D eigenvalue weighted by molar-refractivity contribution is -0.137. The van der Waals surface area contributed by atoms with Crippen LogP contribution in [0.15, 0.2) is 54.6 Å². The molecule has 0 aliphatic heterocycles. The molecule has 0 aliphatic rings. The normalized spacial score (nSPS) is 11.6. The lowest BCUT2D eigenvalue weighted by Gasteiger charge is -2.23. The van der Waals surface area contributed by atoms with Crippen molar-refractivity contribution in [3.8, 4) is 5.75 Å². The number of hydrogen-bond acceptors (Lipinski definition) is 3. The zero-order valence-electron chi connectivity index (χ0n) is 13.2. The van der Waals surface area contributed by atoms with E-state index in [4.69, 9.17) is 10.5 Å². The van der Waals surface area contributed by atoms with E-state index in [2.05, 4.69) is 0 Å². The Morgan fingerprint density at radius 2 is 1.70 bits per heavy atom. The number of rotatable bonds is 6. The van der Waals surface area contributed by atoms with Gasteiger partial charge in [0.25, 0.3) is 11.8 Å². The van der Waals surface area contributed by atoms with E-state index in [-0.39, 0.29) is 11.5 Å². The number of primary amides is 1. The van der Waals surface area contributed by atoms with Gasteiger partial charge in [-0.3, -0.25) is 9.59 Å². The molecule has 2 aromatic rings. The van der Waals surface area contributed by atoms with Crippen molar-refractivity contribution in [1.82, 2.24) is 4.90 Å². The van der Waals surface area contributed by atoms with Gasteiger partial charge >= 0.3 is 0 Å². The molecule has 0 unspecified atom stereocenters. The second-order valence-corrected chi connectivity index (χ2v) is 5.30. The summed E-state index contributed by atoms with van der Waals surface area (Å²) in [6.07, 6.45) is -0.718. The molecule has 2 amide bonds. The molecule has 0 aliphatic carbocycles. The minimum absolute atomic E-state index is 0.173. The molecule has 0 spiro atoms. The van der Waals surface area contributed by atoms with Crippen LogP contribution in [0.1, 0.15) is 22.8 Å². The van der Waals surface area contributed by atoms with E-state index in [1.807, 2.05) is 30.3 Å². The van der Waals surface area contributed by atoms with Crippen molar-refractivity contribution in [1.29, 1.82) is 0 Å². The molecule has 0 aromatic heterocycles. The third kappa shape index (κ3) is 4.32. The quantitative estimate of drug-likeness (QED) is 0.889. The number of carbonyl (C=O) groups excluding carboxylic acids is 2. The van der Waals surface area contributed by atoms with E-state index in [9.17, 15) is 9.59 Å². The first-order chi connectivity index (χ1) is 11.0. The van der Waals surface area contributed by atoms with E-state index >= 15 is 0 Å². The van der Waals surface area contributed by atoms with Crippen molar-refractivity contribution in [2.45, 2.75) is 19.6 Å². The molecule has 2 N–H and O–H groups in total. The van der Waals surface area contributed by atoms with Crippen molar-refractivity contribution in [3.63, 3.8) is 0 Å². The van der Waals surface area contributed by atoms with E-state index < -0.39 is 12.0 Å². The van der Waals surface area contributed by atoms with Crippen LogP contribution >= 0.6 is 0 Å². The summed E-state index contributed by atoms with van der Waals surface area (Å²) < 4.78 is 5.64. The van der Waals surface area contributed by atoms with E-state index in [0.717, 1.165) is 5.56 Å². The molecule has 0 bridgehead atoms. The summed E-state index contributed by atoms with van der Waals surface area (Å²) in [5, 5.41) is 0. The molecule has 0 fully saturated rings. The van der Waals surface area contributed by atoms with Crippen LogP contribution in [0.2, 0.25) is 0 Å². The van der Waals surface area contributed by atoms with Crippen LogP contribution < -0.4 is 10.5 Å². The molecule has 0 saturated carbocycles. The SMILES string of the molecule is C[C@@H](Oc1ccccc1C(N)=O)C(=O)N(C)Cc1ccccc1. The fourth-order valence-electron chi connectivity index (χ4n) is 2.26. The molecule has 0 saturated heterocycles. The zero-order valence-corrected chi connectivity index (χ0v) is 13.2. The van der Waals surface area contributed by atoms with Crippen LogP contribution in [0.5, 0.6) is 5.75 Å². The van der Waals surface area contributed by atoms with Crippen molar-refractivity contribution in [2.75, 3.05) is 7.05 Å². The maximum Gasteiger partial charge on any atom is 0.263 e. The average molecular weight is 312 g/mol. The zero-order chi connectivity index (χ0) is 16.8. The molecule has 5 heteroatoms. The third-order valence-corrected chi connectivity index (χ3v) is 3.44. The van der Waals surface area contributed by atoms with Gasteiger partial charge in [-0.05, 0) is 24.6 Å². The van der Waals surface area contributed by atoms with E-state index in [1.165, 1.54) is 0 Å². The Kier molecular flexibility index (Phi) is 5.36. The number of nitrogens with zero attached hydrogens (tertiary/aromatic N) is 1. The largest absolute Gasteiger partial charge is 0.480 e. The highest BCUT2D eigenvalue weighted by molar-refractivity contribution is 5.95. The number of nitrogens with two attached hydrogens (primary N) is 1. The van der Waals surface area contributed by atoms with Gasteiger partial charge in [0, 0.05) is 13.6 Å². The monoisotopic (exact) mass is 312 g/mol. The van der Waals surface area contributed by atoms with E-state index in [1.54, 1.807) is 43.1 Å². The Balaban J connectivity index is 2.04. The van der Waals surface area contributed by atoms with Crippen LogP contribution in [0, 0.1) is 0 Å². The van der Waals surface area contributed by atoms with Crippen molar-refractivity contribution in [3.05, 3.63) is 65.7 Å². The van der Waals surface area contributed by atoms with Gasteiger partial charge in [-0.1, -0.05) is 42.5 Å². The summed E-state index contributed by atoms with van der Waals surface area (Å²) in [6.45, 7) is 2.15. The second kappa shape index (κ2) is 7.45. The molecule has 120 valence electrons. The van der Waals surface area contributed by atoms with E-state index in [0.29, 0.717) is 12.3 Å². The third-order valence-electron chi connectivity index (χ3n) is 3.44. The van der Waals surface area contributed by atoms with Gasteiger partial charge in [-0.2, -0.15) is 0 Å². The fourth-order valence-corrected chi connectivity index (χ4v) is 2.26. The summed E-state index contributed by atoms with van der Waals surface area (Å²) in [5.74, 6) is -0.444. The molecule has 2 rings (SSSR count). The maximum absolute atomic E-state index is 12.4. The number of amides is 2. The lowest BCUT2D eigenvalue weighted by atomic mass is 10.2. The predicted molar refractivity (Wildman–Crippen MR) is 88.0 cm³/mol. The maximum atomic E-state index is 12.4. The lowest BCUT2D eigenvalue weighted by Crippen LogP contribution is -2.37. The van der Waals surface area contributed by atoms with Crippen LogP contribution in [-0.2, 0) is 11.3 Å². The highest BCUT2D eigenvalue weighted by Crippen LogP contribution is 2.19. The second-order valence-electron chi connectivity index (χ2n) is 5.30. The molecule has 1 atom stereocenters. The smallest absolute Gasteiger partial charge is 0.263 e. The van der Waals surface area contributed by atoms with Gasteiger partial charge in [-0.15, -0.1) is 0 Å². The molecule has 2 aromatic carbocycles. The number of para-hydroxylation sites is 1. The van der Waals surface area contributed by atoms with Gasteiger partial charge in [0.1, 0.15) is 5.75 Å². The molecule has 5 nitrogen and oxygen atoms in total. The molecule has 0 radical (unpaired) electrons. The van der Waals surface area contributed by atoms with Gasteiger partial charge in [0.15, 0.2) is 6.10 Å². The van der Waals surface area contributed by atoms with Gasteiger partial charge in [-0.25, -0.2) is 0 Å². The highest BCUT2D eigenvalue weighted by atomic mass is 16.5. The highest BCUT2D eigenvalue weighted by Gasteiger charge is 2.21. The molecular formula is C18H20N2O3. The van der Waals surface area contributed by atoms with Crippen LogP contribution in [0.25, 0.3) is 0 Å². The number of carbonyl (C=O) groups is 2. The number of likely N-dealkylation sites (N-methyl/N-ethyl adjacent to an activating group) is 1. The molecule has 0 heterocycles. The minimum Gasteiger partial charge on any atom is -0.480 e.